The van der Waals surface area contributed by atoms with E-state index in [1.54, 1.807) is 0 Å². The highest BCUT2D eigenvalue weighted by molar-refractivity contribution is 6.31. The number of carbonyl (C=O) groups is 1. The summed E-state index contributed by atoms with van der Waals surface area (Å²) in [7, 11) is 4.04. The minimum Gasteiger partial charge on any atom is -0.488 e. The zero-order chi connectivity index (χ0) is 28.1. The van der Waals surface area contributed by atoms with E-state index in [4.69, 9.17) is 21.1 Å². The van der Waals surface area contributed by atoms with Crippen molar-refractivity contribution in [1.29, 1.82) is 0 Å². The summed E-state index contributed by atoms with van der Waals surface area (Å²) >= 11 is 6.53. The average Bonchev–Trinajstić information content (AvgIpc) is 2.96. The van der Waals surface area contributed by atoms with Crippen LogP contribution in [0.1, 0.15) is 16.7 Å². The van der Waals surface area contributed by atoms with Crippen molar-refractivity contribution < 1.29 is 19.4 Å². The summed E-state index contributed by atoms with van der Waals surface area (Å²) in [5, 5.41) is 11.8. The Kier molecular flexibility index (Phi) is 8.23. The van der Waals surface area contributed by atoms with Crippen LogP contribution in [0.3, 0.4) is 0 Å². The van der Waals surface area contributed by atoms with E-state index in [0.717, 1.165) is 50.0 Å². The lowest BCUT2D eigenvalue weighted by atomic mass is 9.93. The minimum atomic E-state index is -1.04. The SMILES string of the molecule is CN(C)c1ccc(-c2cc3ccc(OCC(=O)O)c(Cc4ccccc4Cl)c3cc2OCc2ccccc2)cc1. The van der Waals surface area contributed by atoms with Gasteiger partial charge in [-0.3, -0.25) is 0 Å². The Morgan fingerprint density at radius 2 is 1.55 bits per heavy atom. The van der Waals surface area contributed by atoms with Gasteiger partial charge in [-0.05, 0) is 63.9 Å². The molecule has 0 aliphatic carbocycles. The number of carboxylic acid groups (broad SMARTS) is 1. The predicted molar refractivity (Wildman–Crippen MR) is 162 cm³/mol. The Hall–Kier alpha value is -4.48. The summed E-state index contributed by atoms with van der Waals surface area (Å²) in [6.45, 7) is -0.0289. The largest absolute Gasteiger partial charge is 0.488 e. The lowest BCUT2D eigenvalue weighted by molar-refractivity contribution is -0.139. The molecule has 1 N–H and O–H groups in total. The van der Waals surface area contributed by atoms with Gasteiger partial charge in [-0.2, -0.15) is 0 Å². The van der Waals surface area contributed by atoms with Gasteiger partial charge >= 0.3 is 5.97 Å². The first-order valence-electron chi connectivity index (χ1n) is 13.0. The highest BCUT2D eigenvalue weighted by Crippen LogP contribution is 2.40. The van der Waals surface area contributed by atoms with E-state index < -0.39 is 12.6 Å². The molecule has 0 unspecified atom stereocenters. The molecule has 5 aromatic rings. The molecule has 0 fully saturated rings. The predicted octanol–water partition coefficient (Wildman–Crippen LogP) is 7.86. The van der Waals surface area contributed by atoms with Crippen LogP contribution in [-0.2, 0) is 17.8 Å². The molecule has 0 aliphatic rings. The molecule has 0 heterocycles. The normalized spacial score (nSPS) is 10.9. The molecule has 0 aromatic heterocycles. The highest BCUT2D eigenvalue weighted by Gasteiger charge is 2.17. The van der Waals surface area contributed by atoms with Crippen molar-refractivity contribution in [2.75, 3.05) is 25.6 Å². The van der Waals surface area contributed by atoms with E-state index in [9.17, 15) is 9.90 Å². The summed E-state index contributed by atoms with van der Waals surface area (Å²) < 4.78 is 12.2. The summed E-state index contributed by atoms with van der Waals surface area (Å²) in [6, 6.07) is 34.0. The standard InChI is InChI=1S/C34H30ClNO4/c1-36(2)27-15-12-24(13-16-27)29-18-25-14-17-32(40-22-34(37)38)30(19-26-10-6-7-11-31(26)35)28(25)20-33(29)39-21-23-8-4-3-5-9-23/h3-18,20H,19,21-22H2,1-2H3,(H,37,38). The van der Waals surface area contributed by atoms with E-state index >= 15 is 0 Å². The van der Waals surface area contributed by atoms with Crippen LogP contribution in [0.2, 0.25) is 5.02 Å². The number of nitrogens with zero attached hydrogens (tertiary/aromatic N) is 1. The zero-order valence-corrected chi connectivity index (χ0v) is 23.2. The van der Waals surface area contributed by atoms with Crippen molar-refractivity contribution in [3.63, 3.8) is 0 Å². The minimum absolute atomic E-state index is 0.407. The topological polar surface area (TPSA) is 59.0 Å². The van der Waals surface area contributed by atoms with E-state index in [1.807, 2.05) is 86.9 Å². The van der Waals surface area contributed by atoms with Crippen molar-refractivity contribution in [2.24, 2.45) is 0 Å². The zero-order valence-electron chi connectivity index (χ0n) is 22.4. The van der Waals surface area contributed by atoms with Gasteiger partial charge in [0.1, 0.15) is 18.1 Å². The van der Waals surface area contributed by atoms with E-state index in [2.05, 4.69) is 35.2 Å². The molecule has 6 heteroatoms. The molecule has 5 rings (SSSR count). The maximum Gasteiger partial charge on any atom is 0.341 e. The molecule has 0 amide bonds. The second-order valence-electron chi connectivity index (χ2n) is 9.78. The summed E-state index contributed by atoms with van der Waals surface area (Å²) in [6.07, 6.45) is 0.473. The third kappa shape index (κ3) is 6.22. The average molecular weight is 552 g/mol. The van der Waals surface area contributed by atoms with Crippen LogP contribution in [0.15, 0.2) is 103 Å². The van der Waals surface area contributed by atoms with Crippen molar-refractivity contribution in [3.8, 4) is 22.6 Å². The number of anilines is 1. The third-order valence-electron chi connectivity index (χ3n) is 6.80. The van der Waals surface area contributed by atoms with Crippen molar-refractivity contribution in [1.82, 2.24) is 0 Å². The Bertz CT molecular complexity index is 1630. The molecule has 0 atom stereocenters. The fraction of sp³-hybridized carbons (Fsp3) is 0.147. The van der Waals surface area contributed by atoms with Crippen LogP contribution in [-0.4, -0.2) is 31.8 Å². The Morgan fingerprint density at radius 3 is 2.25 bits per heavy atom. The lowest BCUT2D eigenvalue weighted by Crippen LogP contribution is -2.11. The van der Waals surface area contributed by atoms with Crippen LogP contribution in [0.4, 0.5) is 5.69 Å². The van der Waals surface area contributed by atoms with Gasteiger partial charge < -0.3 is 19.5 Å². The highest BCUT2D eigenvalue weighted by atomic mass is 35.5. The smallest absolute Gasteiger partial charge is 0.341 e. The van der Waals surface area contributed by atoms with Crippen molar-refractivity contribution in [3.05, 3.63) is 125 Å². The maximum absolute atomic E-state index is 11.3. The number of hydrogen-bond donors (Lipinski definition) is 1. The first-order chi connectivity index (χ1) is 19.4. The Morgan fingerprint density at radius 1 is 0.825 bits per heavy atom. The van der Waals surface area contributed by atoms with Gasteiger partial charge in [0.15, 0.2) is 6.61 Å². The quantitative estimate of drug-likeness (QED) is 0.191. The molecule has 0 radical (unpaired) electrons. The lowest BCUT2D eigenvalue weighted by Gasteiger charge is -2.19. The fourth-order valence-electron chi connectivity index (χ4n) is 4.70. The van der Waals surface area contributed by atoms with Crippen molar-refractivity contribution in [2.45, 2.75) is 13.0 Å². The third-order valence-corrected chi connectivity index (χ3v) is 7.17. The van der Waals surface area contributed by atoms with Gasteiger partial charge in [0.2, 0.25) is 0 Å². The monoisotopic (exact) mass is 551 g/mol. The van der Waals surface area contributed by atoms with Crippen LogP contribution >= 0.6 is 11.6 Å². The van der Waals surface area contributed by atoms with Crippen LogP contribution in [0.5, 0.6) is 11.5 Å². The Balaban J connectivity index is 1.66. The number of aliphatic carboxylic acids is 1. The number of hydrogen-bond acceptors (Lipinski definition) is 4. The molecule has 0 saturated heterocycles. The van der Waals surface area contributed by atoms with Crippen LogP contribution in [0.25, 0.3) is 21.9 Å². The van der Waals surface area contributed by atoms with Gasteiger partial charge in [0, 0.05) is 42.4 Å². The number of carboxylic acids is 1. The van der Waals surface area contributed by atoms with Crippen LogP contribution < -0.4 is 14.4 Å². The second-order valence-corrected chi connectivity index (χ2v) is 10.2. The van der Waals surface area contributed by atoms with Gasteiger partial charge in [-0.15, -0.1) is 0 Å². The van der Waals surface area contributed by atoms with E-state index in [-0.39, 0.29) is 0 Å². The molecule has 5 nitrogen and oxygen atoms in total. The van der Waals surface area contributed by atoms with Gasteiger partial charge in [0.05, 0.1) is 0 Å². The molecule has 0 spiro atoms. The van der Waals surface area contributed by atoms with Gasteiger partial charge in [0.25, 0.3) is 0 Å². The van der Waals surface area contributed by atoms with E-state index in [1.165, 1.54) is 0 Å². The molecular formula is C34H30ClNO4. The Labute approximate surface area is 239 Å². The number of halogens is 1. The molecule has 0 saturated carbocycles. The number of ether oxygens (including phenoxy) is 2. The fourth-order valence-corrected chi connectivity index (χ4v) is 4.91. The summed E-state index contributed by atoms with van der Waals surface area (Å²) in [4.78, 5) is 13.4. The summed E-state index contributed by atoms with van der Waals surface area (Å²) in [5.74, 6) is 0.198. The van der Waals surface area contributed by atoms with Gasteiger partial charge in [-0.25, -0.2) is 4.79 Å². The second kappa shape index (κ2) is 12.1. The van der Waals surface area contributed by atoms with Crippen LogP contribution in [0, 0.1) is 0 Å². The number of fused-ring (bicyclic) bond motifs is 1. The molecule has 40 heavy (non-hydrogen) atoms. The molecule has 202 valence electrons. The first kappa shape index (κ1) is 27.1. The molecule has 0 aliphatic heterocycles. The molecular weight excluding hydrogens is 522 g/mol. The maximum atomic E-state index is 11.3. The van der Waals surface area contributed by atoms with E-state index in [0.29, 0.717) is 23.8 Å². The molecule has 5 aromatic carbocycles. The molecule has 0 bridgehead atoms. The number of benzene rings is 5. The van der Waals surface area contributed by atoms with Crippen molar-refractivity contribution >= 4 is 34.0 Å². The van der Waals surface area contributed by atoms with Gasteiger partial charge in [-0.1, -0.05) is 78.3 Å². The summed E-state index contributed by atoms with van der Waals surface area (Å²) in [5.41, 5.74) is 5.95. The number of rotatable bonds is 10. The first-order valence-corrected chi connectivity index (χ1v) is 13.4.